The maximum absolute atomic E-state index is 13.4. The van der Waals surface area contributed by atoms with Gasteiger partial charge in [0.25, 0.3) is 0 Å². The quantitative estimate of drug-likeness (QED) is 0.769. The predicted molar refractivity (Wildman–Crippen MR) is 58.3 cm³/mol. The molecule has 0 aliphatic heterocycles. The third-order valence-electron chi connectivity index (χ3n) is 2.13. The molecule has 0 saturated heterocycles. The Morgan fingerprint density at radius 2 is 2.13 bits per heavy atom. The topological polar surface area (TPSA) is 49.8 Å². The SMILES string of the molecule is CNCC(C)CNc1ncnc(C)c1F. The highest BCUT2D eigenvalue weighted by molar-refractivity contribution is 5.36. The average Bonchev–Trinajstić information content (AvgIpc) is 2.21. The molecular formula is C10H17FN4. The van der Waals surface area contributed by atoms with E-state index in [1.54, 1.807) is 6.92 Å². The minimum absolute atomic E-state index is 0.283. The second-order valence-corrected chi connectivity index (χ2v) is 3.67. The second kappa shape index (κ2) is 5.60. The molecule has 1 aromatic rings. The first-order valence-electron chi connectivity index (χ1n) is 5.00. The fourth-order valence-electron chi connectivity index (χ4n) is 1.27. The molecule has 0 aliphatic carbocycles. The van der Waals surface area contributed by atoms with Gasteiger partial charge in [-0.2, -0.15) is 0 Å². The largest absolute Gasteiger partial charge is 0.367 e. The summed E-state index contributed by atoms with van der Waals surface area (Å²) in [5.41, 5.74) is 0.369. The van der Waals surface area contributed by atoms with Gasteiger partial charge >= 0.3 is 0 Å². The number of hydrogen-bond acceptors (Lipinski definition) is 4. The van der Waals surface area contributed by atoms with E-state index in [1.165, 1.54) is 6.33 Å². The number of nitrogens with zero attached hydrogens (tertiary/aromatic N) is 2. The van der Waals surface area contributed by atoms with Crippen molar-refractivity contribution in [3.05, 3.63) is 17.8 Å². The van der Waals surface area contributed by atoms with E-state index in [-0.39, 0.29) is 11.6 Å². The summed E-state index contributed by atoms with van der Waals surface area (Å²) in [6, 6.07) is 0. The van der Waals surface area contributed by atoms with Crippen LogP contribution in [0.5, 0.6) is 0 Å². The van der Waals surface area contributed by atoms with Crippen molar-refractivity contribution >= 4 is 5.82 Å². The van der Waals surface area contributed by atoms with Crippen molar-refractivity contribution in [1.82, 2.24) is 15.3 Å². The van der Waals surface area contributed by atoms with Gasteiger partial charge < -0.3 is 10.6 Å². The summed E-state index contributed by atoms with van der Waals surface area (Å²) in [6.45, 7) is 5.28. The molecule has 0 aliphatic rings. The van der Waals surface area contributed by atoms with Crippen molar-refractivity contribution in [2.45, 2.75) is 13.8 Å². The number of anilines is 1. The molecule has 0 radical (unpaired) electrons. The fraction of sp³-hybridized carbons (Fsp3) is 0.600. The number of nitrogens with one attached hydrogen (secondary N) is 2. The van der Waals surface area contributed by atoms with E-state index in [4.69, 9.17) is 0 Å². The van der Waals surface area contributed by atoms with Crippen molar-refractivity contribution in [3.8, 4) is 0 Å². The Balaban J connectivity index is 2.54. The fourth-order valence-corrected chi connectivity index (χ4v) is 1.27. The highest BCUT2D eigenvalue weighted by atomic mass is 19.1. The molecule has 0 fully saturated rings. The molecule has 0 spiro atoms. The summed E-state index contributed by atoms with van der Waals surface area (Å²) in [4.78, 5) is 7.62. The van der Waals surface area contributed by atoms with E-state index < -0.39 is 0 Å². The lowest BCUT2D eigenvalue weighted by molar-refractivity contribution is 0.561. The van der Waals surface area contributed by atoms with Crippen molar-refractivity contribution in [3.63, 3.8) is 0 Å². The zero-order valence-electron chi connectivity index (χ0n) is 9.34. The van der Waals surface area contributed by atoms with Gasteiger partial charge in [-0.3, -0.25) is 0 Å². The molecular weight excluding hydrogens is 195 g/mol. The van der Waals surface area contributed by atoms with Crippen LogP contribution in [0.4, 0.5) is 10.2 Å². The van der Waals surface area contributed by atoms with E-state index in [0.717, 1.165) is 6.54 Å². The van der Waals surface area contributed by atoms with Crippen LogP contribution < -0.4 is 10.6 Å². The van der Waals surface area contributed by atoms with Crippen LogP contribution in [0.1, 0.15) is 12.6 Å². The first kappa shape index (κ1) is 11.8. The third-order valence-corrected chi connectivity index (χ3v) is 2.13. The molecule has 1 unspecified atom stereocenters. The number of halogens is 1. The van der Waals surface area contributed by atoms with Gasteiger partial charge in [-0.1, -0.05) is 6.92 Å². The lowest BCUT2D eigenvalue weighted by Crippen LogP contribution is -2.23. The Bertz CT molecular complexity index is 316. The molecule has 0 aromatic carbocycles. The minimum atomic E-state index is -0.367. The number of rotatable bonds is 5. The van der Waals surface area contributed by atoms with Crippen LogP contribution in [0.25, 0.3) is 0 Å². The summed E-state index contributed by atoms with van der Waals surface area (Å²) >= 11 is 0. The van der Waals surface area contributed by atoms with Crippen LogP contribution in [0.3, 0.4) is 0 Å². The van der Waals surface area contributed by atoms with Crippen molar-refractivity contribution in [2.24, 2.45) is 5.92 Å². The lowest BCUT2D eigenvalue weighted by atomic mass is 10.2. The first-order chi connectivity index (χ1) is 7.15. The first-order valence-corrected chi connectivity index (χ1v) is 5.00. The minimum Gasteiger partial charge on any atom is -0.367 e. The van der Waals surface area contributed by atoms with Crippen molar-refractivity contribution in [2.75, 3.05) is 25.5 Å². The summed E-state index contributed by atoms with van der Waals surface area (Å²) < 4.78 is 13.4. The monoisotopic (exact) mass is 212 g/mol. The number of aryl methyl sites for hydroxylation is 1. The Morgan fingerprint density at radius 1 is 1.40 bits per heavy atom. The average molecular weight is 212 g/mol. The van der Waals surface area contributed by atoms with Crippen LogP contribution in [0.15, 0.2) is 6.33 Å². The Hall–Kier alpha value is -1.23. The van der Waals surface area contributed by atoms with Gasteiger partial charge in [0.2, 0.25) is 0 Å². The van der Waals surface area contributed by atoms with Crippen LogP contribution in [0, 0.1) is 18.7 Å². The predicted octanol–water partition coefficient (Wildman–Crippen LogP) is 1.19. The molecule has 1 atom stereocenters. The van der Waals surface area contributed by atoms with Gasteiger partial charge in [0.1, 0.15) is 6.33 Å². The van der Waals surface area contributed by atoms with Crippen LogP contribution in [0.2, 0.25) is 0 Å². The van der Waals surface area contributed by atoms with E-state index in [0.29, 0.717) is 18.2 Å². The molecule has 1 heterocycles. The molecule has 0 amide bonds. The van der Waals surface area contributed by atoms with E-state index in [2.05, 4.69) is 27.5 Å². The molecule has 1 aromatic heterocycles. The van der Waals surface area contributed by atoms with E-state index in [9.17, 15) is 4.39 Å². The van der Waals surface area contributed by atoms with Gasteiger partial charge in [0, 0.05) is 6.54 Å². The van der Waals surface area contributed by atoms with Gasteiger partial charge in [-0.25, -0.2) is 14.4 Å². The summed E-state index contributed by atoms with van der Waals surface area (Å²) in [6.07, 6.45) is 1.36. The van der Waals surface area contributed by atoms with Crippen molar-refractivity contribution in [1.29, 1.82) is 0 Å². The zero-order chi connectivity index (χ0) is 11.3. The Kier molecular flexibility index (Phi) is 4.42. The molecule has 2 N–H and O–H groups in total. The van der Waals surface area contributed by atoms with Crippen molar-refractivity contribution < 1.29 is 4.39 Å². The summed E-state index contributed by atoms with van der Waals surface area (Å²) in [5, 5.41) is 6.04. The van der Waals surface area contributed by atoms with Gasteiger partial charge in [-0.05, 0) is 26.4 Å². The second-order valence-electron chi connectivity index (χ2n) is 3.67. The normalized spacial score (nSPS) is 12.5. The highest BCUT2D eigenvalue weighted by Gasteiger charge is 2.08. The molecule has 84 valence electrons. The smallest absolute Gasteiger partial charge is 0.186 e. The molecule has 5 heteroatoms. The van der Waals surface area contributed by atoms with Crippen LogP contribution in [-0.2, 0) is 0 Å². The maximum atomic E-state index is 13.4. The highest BCUT2D eigenvalue weighted by Crippen LogP contribution is 2.11. The maximum Gasteiger partial charge on any atom is 0.186 e. The summed E-state index contributed by atoms with van der Waals surface area (Å²) in [7, 11) is 1.89. The molecule has 0 bridgehead atoms. The van der Waals surface area contributed by atoms with Gasteiger partial charge in [0.05, 0.1) is 5.69 Å². The Labute approximate surface area is 89.3 Å². The molecule has 1 rings (SSSR count). The molecule has 4 nitrogen and oxygen atoms in total. The van der Waals surface area contributed by atoms with Crippen LogP contribution >= 0.6 is 0 Å². The molecule has 15 heavy (non-hydrogen) atoms. The third kappa shape index (κ3) is 3.43. The standard InChI is InChI=1S/C10H17FN4/c1-7(4-12-3)5-13-10-9(11)8(2)14-6-15-10/h6-7,12H,4-5H2,1-3H3,(H,13,14,15). The van der Waals surface area contributed by atoms with E-state index >= 15 is 0 Å². The lowest BCUT2D eigenvalue weighted by Gasteiger charge is -2.12. The molecule has 0 saturated carbocycles. The van der Waals surface area contributed by atoms with Crippen LogP contribution in [-0.4, -0.2) is 30.1 Å². The zero-order valence-corrected chi connectivity index (χ0v) is 9.34. The Morgan fingerprint density at radius 3 is 2.80 bits per heavy atom. The summed E-state index contributed by atoms with van der Waals surface area (Å²) in [5.74, 6) is 0.337. The van der Waals surface area contributed by atoms with Gasteiger partial charge in [-0.15, -0.1) is 0 Å². The van der Waals surface area contributed by atoms with Gasteiger partial charge in [0.15, 0.2) is 11.6 Å². The number of hydrogen-bond donors (Lipinski definition) is 2. The number of aromatic nitrogens is 2. The van der Waals surface area contributed by atoms with E-state index in [1.807, 2.05) is 7.05 Å².